The smallest absolute Gasteiger partial charge is 0.410 e. The first-order valence-corrected chi connectivity index (χ1v) is 12.5. The van der Waals surface area contributed by atoms with E-state index in [0.717, 1.165) is 17.5 Å². The Balaban J connectivity index is 1.79. The first kappa shape index (κ1) is 29.1. The minimum atomic E-state index is -1.22. The van der Waals surface area contributed by atoms with E-state index in [9.17, 15) is 23.6 Å². The van der Waals surface area contributed by atoms with Gasteiger partial charge in [0.05, 0.1) is 19.1 Å². The third-order valence-corrected chi connectivity index (χ3v) is 5.86. The fourth-order valence-electron chi connectivity index (χ4n) is 3.93. The summed E-state index contributed by atoms with van der Waals surface area (Å²) in [5.41, 5.74) is 1.72. The van der Waals surface area contributed by atoms with Crippen molar-refractivity contribution in [1.29, 1.82) is 0 Å². The van der Waals surface area contributed by atoms with Crippen molar-refractivity contribution in [2.24, 2.45) is 0 Å². The summed E-state index contributed by atoms with van der Waals surface area (Å²) in [7, 11) is 4.45. The van der Waals surface area contributed by atoms with Crippen LogP contribution in [0.2, 0.25) is 0 Å². The number of fused-ring (bicyclic) bond motifs is 1. The Kier molecular flexibility index (Phi) is 9.96. The molecule has 3 N–H and O–H groups in total. The van der Waals surface area contributed by atoms with Crippen molar-refractivity contribution >= 4 is 34.5 Å². The quantitative estimate of drug-likeness (QED) is 0.320. The zero-order valence-corrected chi connectivity index (χ0v) is 22.4. The highest BCUT2D eigenvalue weighted by atomic mass is 19.1. The van der Waals surface area contributed by atoms with Gasteiger partial charge in [0.2, 0.25) is 5.91 Å². The molecule has 39 heavy (non-hydrogen) atoms. The summed E-state index contributed by atoms with van der Waals surface area (Å²) in [5, 5.41) is 5.65. The molecular formula is C27H33FN6O5. The molecule has 0 saturated carbocycles. The number of aromatic nitrogens is 3. The highest BCUT2D eigenvalue weighted by molar-refractivity contribution is 5.95. The Morgan fingerprint density at radius 2 is 2.03 bits per heavy atom. The summed E-state index contributed by atoms with van der Waals surface area (Å²) in [6.07, 6.45) is 5.38. The number of carbonyl (C=O) groups is 3. The highest BCUT2D eigenvalue weighted by Gasteiger charge is 2.24. The summed E-state index contributed by atoms with van der Waals surface area (Å²) in [6, 6.07) is 4.72. The molecule has 0 bridgehead atoms. The van der Waals surface area contributed by atoms with Crippen molar-refractivity contribution < 1.29 is 23.5 Å². The Morgan fingerprint density at radius 1 is 1.26 bits per heavy atom. The number of ether oxygens (including phenoxy) is 1. The third-order valence-electron chi connectivity index (χ3n) is 5.86. The molecule has 0 radical (unpaired) electrons. The number of allylic oxidation sites excluding steroid dienone is 1. The molecule has 0 unspecified atom stereocenters. The molecular weight excluding hydrogens is 507 g/mol. The minimum absolute atomic E-state index is 0.0824. The van der Waals surface area contributed by atoms with Gasteiger partial charge in [0.25, 0.3) is 11.5 Å². The third kappa shape index (κ3) is 7.76. The summed E-state index contributed by atoms with van der Waals surface area (Å²) in [4.78, 5) is 58.1. The second-order valence-corrected chi connectivity index (χ2v) is 9.16. The number of likely N-dealkylation sites (N-methyl/N-ethyl adjacent to an activating group) is 1. The number of nitrogens with one attached hydrogen (secondary N) is 3. The Bertz CT molecular complexity index is 1430. The number of benzene rings is 1. The molecule has 0 aliphatic heterocycles. The lowest BCUT2D eigenvalue weighted by Crippen LogP contribution is -2.37. The normalized spacial score (nSPS) is 11.9. The summed E-state index contributed by atoms with van der Waals surface area (Å²) in [6.45, 7) is 2.12. The van der Waals surface area contributed by atoms with Gasteiger partial charge in [-0.2, -0.15) is 0 Å². The number of nitrogens with zero attached hydrogens (tertiary/aromatic N) is 3. The van der Waals surface area contributed by atoms with Gasteiger partial charge in [0, 0.05) is 37.7 Å². The number of aryl methyl sites for hydroxylation is 1. The lowest BCUT2D eigenvalue weighted by atomic mass is 10.1. The Labute approximate surface area is 225 Å². The molecule has 3 aromatic rings. The van der Waals surface area contributed by atoms with Gasteiger partial charge in [-0.3, -0.25) is 19.0 Å². The molecule has 3 rings (SSSR count). The van der Waals surface area contributed by atoms with Crippen molar-refractivity contribution in [3.05, 3.63) is 70.3 Å². The van der Waals surface area contributed by atoms with Crippen LogP contribution in [0.3, 0.4) is 0 Å². The maximum absolute atomic E-state index is 14.1. The fourth-order valence-corrected chi connectivity index (χ4v) is 3.93. The lowest BCUT2D eigenvalue weighted by molar-refractivity contribution is -0.125. The van der Waals surface area contributed by atoms with E-state index in [0.29, 0.717) is 17.5 Å². The maximum atomic E-state index is 14.1. The van der Waals surface area contributed by atoms with Crippen LogP contribution >= 0.6 is 0 Å². The maximum Gasteiger partial charge on any atom is 0.410 e. The number of anilines is 1. The zero-order valence-electron chi connectivity index (χ0n) is 22.4. The number of rotatable bonds is 11. The molecule has 0 spiro atoms. The van der Waals surface area contributed by atoms with E-state index in [1.807, 2.05) is 6.92 Å². The van der Waals surface area contributed by atoms with Gasteiger partial charge in [-0.25, -0.2) is 14.2 Å². The molecule has 12 heteroatoms. The summed E-state index contributed by atoms with van der Waals surface area (Å²) in [5.74, 6) is -1.34. The first-order valence-electron chi connectivity index (χ1n) is 12.5. The number of halogens is 1. The fraction of sp³-hybridized carbons (Fsp3) is 0.370. The van der Waals surface area contributed by atoms with Crippen LogP contribution in [0.5, 0.6) is 0 Å². The van der Waals surface area contributed by atoms with Crippen molar-refractivity contribution in [2.75, 3.05) is 26.5 Å². The molecule has 2 aromatic heterocycles. The molecule has 208 valence electrons. The molecule has 1 atom stereocenters. The van der Waals surface area contributed by atoms with Crippen molar-refractivity contribution in [2.45, 2.75) is 45.3 Å². The summed E-state index contributed by atoms with van der Waals surface area (Å²) < 4.78 is 20.7. The number of aromatic amines is 1. The predicted octanol–water partition coefficient (Wildman–Crippen LogP) is 2.95. The molecule has 11 nitrogen and oxygen atoms in total. The average molecular weight is 541 g/mol. The Hall–Kier alpha value is -4.48. The molecule has 0 fully saturated rings. The second-order valence-electron chi connectivity index (χ2n) is 9.16. The second kappa shape index (κ2) is 13.4. The molecule has 0 saturated heterocycles. The molecule has 0 aliphatic rings. The van der Waals surface area contributed by atoms with Gasteiger partial charge in [-0.15, -0.1) is 0 Å². The van der Waals surface area contributed by atoms with Crippen LogP contribution in [0, 0.1) is 5.82 Å². The predicted molar refractivity (Wildman–Crippen MR) is 145 cm³/mol. The van der Waals surface area contributed by atoms with Crippen LogP contribution in [0.1, 0.15) is 37.4 Å². The molecule has 1 aromatic carbocycles. The topological polar surface area (TPSA) is 138 Å². The van der Waals surface area contributed by atoms with E-state index in [2.05, 4.69) is 20.6 Å². The van der Waals surface area contributed by atoms with Gasteiger partial charge in [0.15, 0.2) is 6.10 Å². The van der Waals surface area contributed by atoms with Gasteiger partial charge in [0.1, 0.15) is 11.5 Å². The lowest BCUT2D eigenvalue weighted by Gasteiger charge is -2.19. The van der Waals surface area contributed by atoms with Gasteiger partial charge >= 0.3 is 6.09 Å². The first-order chi connectivity index (χ1) is 18.6. The van der Waals surface area contributed by atoms with E-state index in [-0.39, 0.29) is 36.8 Å². The molecule has 2 heterocycles. The van der Waals surface area contributed by atoms with E-state index in [1.54, 1.807) is 12.1 Å². The number of hydrogen-bond donors (Lipinski definition) is 3. The van der Waals surface area contributed by atoms with Crippen LogP contribution in [-0.4, -0.2) is 64.6 Å². The standard InChI is InChI=1S/C27H33FN6O5/c1-5-8-17-11-19(28)12-18-13-20(31-24(17)18)15-34-16-30-14-21(26(34)37)32-25(36)22(39-27(38)33(3)4)9-6-7-10-23(35)29-2/h7,10-14,16,22,31H,5-6,8-9,15H2,1-4H3,(H,29,35)(H,32,36)/b10-7+/t22-/m0/s1. The number of hydrogen-bond acceptors (Lipinski definition) is 6. The van der Waals surface area contributed by atoms with Crippen molar-refractivity contribution in [1.82, 2.24) is 24.8 Å². The number of carbonyl (C=O) groups excluding carboxylic acids is 3. The van der Waals surface area contributed by atoms with Crippen LogP contribution < -0.4 is 16.2 Å². The minimum Gasteiger partial charge on any atom is -0.436 e. The summed E-state index contributed by atoms with van der Waals surface area (Å²) >= 11 is 0. The van der Waals surface area contributed by atoms with Gasteiger partial charge in [-0.05, 0) is 49.1 Å². The number of amides is 3. The van der Waals surface area contributed by atoms with Crippen molar-refractivity contribution in [3.63, 3.8) is 0 Å². The van der Waals surface area contributed by atoms with E-state index in [1.165, 1.54) is 61.3 Å². The zero-order chi connectivity index (χ0) is 28.5. The largest absolute Gasteiger partial charge is 0.436 e. The average Bonchev–Trinajstić information content (AvgIpc) is 3.30. The van der Waals surface area contributed by atoms with Gasteiger partial charge < -0.3 is 25.3 Å². The van der Waals surface area contributed by atoms with Crippen LogP contribution in [-0.2, 0) is 27.3 Å². The van der Waals surface area contributed by atoms with Crippen molar-refractivity contribution in [3.8, 4) is 0 Å². The highest BCUT2D eigenvalue weighted by Crippen LogP contribution is 2.23. The molecule has 0 aliphatic carbocycles. The SMILES string of the molecule is CCCc1cc(F)cc2cc(Cn3cncc(NC(=O)[C@H](CC/C=C/C(=O)NC)OC(=O)N(C)C)c3=O)[nH]c12. The monoisotopic (exact) mass is 540 g/mol. The van der Waals surface area contributed by atoms with Crippen LogP contribution in [0.15, 0.2) is 47.7 Å². The Morgan fingerprint density at radius 3 is 2.72 bits per heavy atom. The van der Waals surface area contributed by atoms with E-state index >= 15 is 0 Å². The van der Waals surface area contributed by atoms with Crippen LogP contribution in [0.4, 0.5) is 14.9 Å². The number of H-pyrrole nitrogens is 1. The van der Waals surface area contributed by atoms with Gasteiger partial charge in [-0.1, -0.05) is 19.4 Å². The van der Waals surface area contributed by atoms with E-state index in [4.69, 9.17) is 4.74 Å². The van der Waals surface area contributed by atoms with E-state index < -0.39 is 23.7 Å². The van der Waals surface area contributed by atoms with Crippen LogP contribution in [0.25, 0.3) is 10.9 Å². The molecule has 3 amide bonds.